The second kappa shape index (κ2) is 11.1. The summed E-state index contributed by atoms with van der Waals surface area (Å²) < 4.78 is 13.0. The number of aliphatic hydroxyl groups is 1. The fraction of sp³-hybridized carbons (Fsp3) is 0.600. The van der Waals surface area contributed by atoms with Crippen LogP contribution >= 0.6 is 11.3 Å². The van der Waals surface area contributed by atoms with Crippen molar-refractivity contribution in [3.05, 3.63) is 36.4 Å². The normalized spacial score (nSPS) is 28.2. The van der Waals surface area contributed by atoms with Gasteiger partial charge in [-0.2, -0.15) is 0 Å². The molecule has 3 heterocycles. The molecule has 2 aromatic heterocycles. The molecule has 9 nitrogen and oxygen atoms in total. The molecule has 212 valence electrons. The van der Waals surface area contributed by atoms with Crippen LogP contribution in [0.3, 0.4) is 0 Å². The van der Waals surface area contributed by atoms with Crippen LogP contribution in [0.2, 0.25) is 0 Å². The van der Waals surface area contributed by atoms with E-state index in [-0.39, 0.29) is 29.6 Å². The third-order valence-corrected chi connectivity index (χ3v) is 10.2. The van der Waals surface area contributed by atoms with Gasteiger partial charge < -0.3 is 19.9 Å². The highest BCUT2D eigenvalue weighted by Crippen LogP contribution is 2.40. The molecule has 7 rings (SSSR count). The molecule has 3 saturated carbocycles. The number of fused-ring (bicyclic) bond motifs is 1. The van der Waals surface area contributed by atoms with Crippen molar-refractivity contribution in [1.29, 1.82) is 0 Å². The van der Waals surface area contributed by atoms with E-state index in [0.29, 0.717) is 23.6 Å². The largest absolute Gasteiger partial charge is 0.390 e. The van der Waals surface area contributed by atoms with Crippen LogP contribution in [0.25, 0.3) is 21.3 Å². The Morgan fingerprint density at radius 1 is 1.15 bits per heavy atom. The molecular weight excluding hydrogens is 526 g/mol. The molecule has 0 unspecified atom stereocenters. The van der Waals surface area contributed by atoms with Crippen LogP contribution in [0.15, 0.2) is 30.6 Å². The lowest BCUT2D eigenvalue weighted by atomic mass is 9.78. The monoisotopic (exact) mass is 563 g/mol. The molecule has 1 aromatic carbocycles. The van der Waals surface area contributed by atoms with E-state index in [1.54, 1.807) is 12.4 Å². The number of morpholine rings is 1. The van der Waals surface area contributed by atoms with Crippen molar-refractivity contribution in [2.45, 2.75) is 88.2 Å². The van der Waals surface area contributed by atoms with Gasteiger partial charge in [0.2, 0.25) is 5.91 Å². The van der Waals surface area contributed by atoms with E-state index in [1.165, 1.54) is 37.0 Å². The van der Waals surface area contributed by atoms with Gasteiger partial charge in [0.25, 0.3) is 0 Å². The number of carbonyl (C=O) groups is 1. The number of nitrogens with zero attached hydrogens (tertiary/aromatic N) is 4. The minimum Gasteiger partial charge on any atom is -0.390 e. The average Bonchev–Trinajstić information content (AvgIpc) is 3.66. The number of thiazole rings is 1. The van der Waals surface area contributed by atoms with Crippen LogP contribution in [0.5, 0.6) is 0 Å². The fourth-order valence-electron chi connectivity index (χ4n) is 6.83. The summed E-state index contributed by atoms with van der Waals surface area (Å²) in [6.07, 6.45) is 12.5. The molecule has 0 radical (unpaired) electrons. The number of rotatable bonds is 7. The molecule has 3 aliphatic carbocycles. The molecule has 4 fully saturated rings. The Kier molecular flexibility index (Phi) is 7.30. The molecule has 2 atom stereocenters. The zero-order valence-corrected chi connectivity index (χ0v) is 23.6. The second-order valence-electron chi connectivity index (χ2n) is 12.0. The summed E-state index contributed by atoms with van der Waals surface area (Å²) in [6, 6.07) is 6.55. The molecule has 4 aliphatic rings. The maximum Gasteiger partial charge on any atom is 0.229 e. The van der Waals surface area contributed by atoms with Gasteiger partial charge in [-0.1, -0.05) is 30.2 Å². The summed E-state index contributed by atoms with van der Waals surface area (Å²) in [7, 11) is 0. The first kappa shape index (κ1) is 26.4. The number of aromatic nitrogens is 3. The predicted molar refractivity (Wildman–Crippen MR) is 153 cm³/mol. The molecule has 1 saturated heterocycles. The Hall–Kier alpha value is -2.50. The Balaban J connectivity index is 0.936. The first-order valence-corrected chi connectivity index (χ1v) is 15.6. The summed E-state index contributed by atoms with van der Waals surface area (Å²) in [5, 5.41) is 13.7. The quantitative estimate of drug-likeness (QED) is 0.431. The van der Waals surface area contributed by atoms with Gasteiger partial charge in [-0.25, -0.2) is 15.0 Å². The molecule has 2 N–H and O–H groups in total. The van der Waals surface area contributed by atoms with Crippen molar-refractivity contribution in [2.75, 3.05) is 25.0 Å². The number of anilines is 1. The van der Waals surface area contributed by atoms with Crippen LogP contribution in [-0.2, 0) is 20.9 Å². The SMILES string of the molecule is O=C(Nc1nc2ccc(-c3cnc(CO[C@H]4CCC[C@@H]4O)nc3)cc2s1)C1CC(N2CCOC3(CCCC3)C2)C1. The van der Waals surface area contributed by atoms with Crippen LogP contribution in [-0.4, -0.2) is 74.4 Å². The van der Waals surface area contributed by atoms with Crippen molar-refractivity contribution >= 4 is 32.6 Å². The second-order valence-corrected chi connectivity index (χ2v) is 13.0. The molecule has 0 bridgehead atoms. The lowest BCUT2D eigenvalue weighted by Gasteiger charge is -2.48. The molecule has 1 amide bonds. The Labute approximate surface area is 238 Å². The number of hydrogen-bond acceptors (Lipinski definition) is 9. The molecule has 40 heavy (non-hydrogen) atoms. The zero-order chi connectivity index (χ0) is 27.1. The van der Waals surface area contributed by atoms with E-state index >= 15 is 0 Å². The Morgan fingerprint density at radius 2 is 1.98 bits per heavy atom. The highest BCUT2D eigenvalue weighted by atomic mass is 32.1. The van der Waals surface area contributed by atoms with E-state index in [9.17, 15) is 9.90 Å². The summed E-state index contributed by atoms with van der Waals surface area (Å²) in [5.74, 6) is 0.735. The van der Waals surface area contributed by atoms with E-state index < -0.39 is 0 Å². The predicted octanol–water partition coefficient (Wildman–Crippen LogP) is 4.55. The number of ether oxygens (including phenoxy) is 2. The number of carbonyl (C=O) groups excluding carboxylic acids is 1. The van der Waals surface area contributed by atoms with Gasteiger partial charge >= 0.3 is 0 Å². The van der Waals surface area contributed by atoms with Gasteiger partial charge in [-0.05, 0) is 62.6 Å². The fourth-order valence-corrected chi connectivity index (χ4v) is 7.74. The van der Waals surface area contributed by atoms with Crippen molar-refractivity contribution in [2.24, 2.45) is 5.92 Å². The van der Waals surface area contributed by atoms with Crippen molar-refractivity contribution < 1.29 is 19.4 Å². The Bertz CT molecular complexity index is 1350. The Morgan fingerprint density at radius 3 is 2.75 bits per heavy atom. The van der Waals surface area contributed by atoms with E-state index in [1.807, 2.05) is 12.1 Å². The number of aliphatic hydroxyl groups excluding tert-OH is 1. The highest BCUT2D eigenvalue weighted by Gasteiger charge is 2.45. The standard InChI is InChI=1S/C30H37N5O4S/c36-24-4-3-5-25(24)38-17-27-31-15-21(16-32-27)19-6-7-23-26(14-19)40-29(33-23)34-28(37)20-12-22(13-20)35-10-11-39-30(18-35)8-1-2-9-30/h6-7,14-16,20,22,24-25,36H,1-5,8-13,17-18H2,(H,33,34,37)/t20?,22?,24-,25-/m0/s1. The third kappa shape index (κ3) is 5.39. The minimum atomic E-state index is -0.384. The first-order chi connectivity index (χ1) is 19.5. The number of nitrogens with one attached hydrogen (secondary N) is 1. The topological polar surface area (TPSA) is 110 Å². The molecule has 1 aliphatic heterocycles. The highest BCUT2D eigenvalue weighted by molar-refractivity contribution is 7.22. The molecule has 1 spiro atoms. The summed E-state index contributed by atoms with van der Waals surface area (Å²) >= 11 is 1.50. The molecular formula is C30H37N5O4S. The smallest absolute Gasteiger partial charge is 0.229 e. The lowest BCUT2D eigenvalue weighted by molar-refractivity contribution is -0.136. The number of hydrogen-bond donors (Lipinski definition) is 2. The van der Waals surface area contributed by atoms with Crippen molar-refractivity contribution in [3.63, 3.8) is 0 Å². The van der Waals surface area contributed by atoms with Crippen LogP contribution < -0.4 is 5.32 Å². The van der Waals surface area contributed by atoms with E-state index in [2.05, 4.69) is 31.2 Å². The molecule has 3 aromatic rings. The van der Waals surface area contributed by atoms with Crippen LogP contribution in [0.4, 0.5) is 5.13 Å². The first-order valence-electron chi connectivity index (χ1n) is 14.7. The van der Waals surface area contributed by atoms with Crippen molar-refractivity contribution in [3.8, 4) is 11.1 Å². The molecule has 10 heteroatoms. The van der Waals surface area contributed by atoms with Gasteiger partial charge in [0.1, 0.15) is 6.61 Å². The van der Waals surface area contributed by atoms with Gasteiger partial charge in [-0.15, -0.1) is 0 Å². The van der Waals surface area contributed by atoms with Gasteiger partial charge in [0, 0.05) is 43.0 Å². The zero-order valence-electron chi connectivity index (χ0n) is 22.8. The third-order valence-electron chi connectivity index (χ3n) is 9.29. The van der Waals surface area contributed by atoms with Gasteiger partial charge in [0.15, 0.2) is 11.0 Å². The van der Waals surface area contributed by atoms with Crippen LogP contribution in [0, 0.1) is 5.92 Å². The maximum atomic E-state index is 13.0. The summed E-state index contributed by atoms with van der Waals surface area (Å²) in [5.41, 5.74) is 2.86. The van der Waals surface area contributed by atoms with Gasteiger partial charge in [-0.3, -0.25) is 9.69 Å². The average molecular weight is 564 g/mol. The van der Waals surface area contributed by atoms with E-state index in [0.717, 1.165) is 73.1 Å². The lowest BCUT2D eigenvalue weighted by Crippen LogP contribution is -2.57. The minimum absolute atomic E-state index is 0.0477. The van der Waals surface area contributed by atoms with Gasteiger partial charge in [0.05, 0.1) is 34.6 Å². The summed E-state index contributed by atoms with van der Waals surface area (Å²) in [6.45, 7) is 3.12. The van der Waals surface area contributed by atoms with E-state index in [4.69, 9.17) is 9.47 Å². The number of benzene rings is 1. The maximum absolute atomic E-state index is 13.0. The van der Waals surface area contributed by atoms with Crippen molar-refractivity contribution in [1.82, 2.24) is 19.9 Å². The van der Waals surface area contributed by atoms with Crippen LogP contribution in [0.1, 0.15) is 63.6 Å². The summed E-state index contributed by atoms with van der Waals surface area (Å²) in [4.78, 5) is 29.2. The number of amides is 1.